The Morgan fingerprint density at radius 1 is 0.677 bits per heavy atom. The molecule has 0 unspecified atom stereocenters. The van der Waals surface area contributed by atoms with E-state index in [0.29, 0.717) is 22.7 Å². The van der Waals surface area contributed by atoms with Crippen LogP contribution in [-0.2, 0) is 14.4 Å². The van der Waals surface area contributed by atoms with E-state index in [1.807, 2.05) is 30.3 Å². The summed E-state index contributed by atoms with van der Waals surface area (Å²) in [4.78, 5) is 39.2. The summed E-state index contributed by atoms with van der Waals surface area (Å²) in [6.07, 6.45) is 1.19. The highest BCUT2D eigenvalue weighted by atomic mass is 16.2. The van der Waals surface area contributed by atoms with Crippen LogP contribution in [0.25, 0.3) is 0 Å². The van der Waals surface area contributed by atoms with E-state index in [0.717, 1.165) is 5.69 Å². The summed E-state index contributed by atoms with van der Waals surface area (Å²) in [6, 6.07) is 23.5. The van der Waals surface area contributed by atoms with Crippen LogP contribution in [-0.4, -0.2) is 17.7 Å². The standard InChI is InChI=1S/C25H23N3O3/c1-4-25(31)26-20-10-12-22(13-11-20)28(19(3)30)24-16-14-23(15-17-24)27(18(2)29)21-8-6-5-7-9-21/h4-17H,1H2,2-3H3,(H,26,31). The van der Waals surface area contributed by atoms with Gasteiger partial charge in [0.15, 0.2) is 0 Å². The van der Waals surface area contributed by atoms with Crippen LogP contribution in [0.3, 0.4) is 0 Å². The molecule has 6 heteroatoms. The normalized spacial score (nSPS) is 10.1. The Hall–Kier alpha value is -4.19. The quantitative estimate of drug-likeness (QED) is 0.566. The molecule has 0 aliphatic rings. The number of para-hydroxylation sites is 1. The Balaban J connectivity index is 1.89. The third kappa shape index (κ3) is 5.05. The molecule has 6 nitrogen and oxygen atoms in total. The number of hydrogen-bond acceptors (Lipinski definition) is 3. The molecule has 0 aliphatic heterocycles. The van der Waals surface area contributed by atoms with Crippen LogP contribution in [0.2, 0.25) is 0 Å². The van der Waals surface area contributed by atoms with E-state index in [9.17, 15) is 14.4 Å². The molecule has 0 saturated carbocycles. The van der Waals surface area contributed by atoms with Crippen LogP contribution >= 0.6 is 0 Å². The monoisotopic (exact) mass is 413 g/mol. The van der Waals surface area contributed by atoms with Crippen molar-refractivity contribution < 1.29 is 14.4 Å². The van der Waals surface area contributed by atoms with E-state index in [2.05, 4.69) is 11.9 Å². The molecule has 0 aliphatic carbocycles. The van der Waals surface area contributed by atoms with Crippen molar-refractivity contribution in [1.82, 2.24) is 0 Å². The van der Waals surface area contributed by atoms with Crippen LogP contribution in [0.5, 0.6) is 0 Å². The average Bonchev–Trinajstić information content (AvgIpc) is 2.76. The minimum absolute atomic E-state index is 0.112. The molecule has 156 valence electrons. The van der Waals surface area contributed by atoms with Gasteiger partial charge < -0.3 is 5.32 Å². The van der Waals surface area contributed by atoms with Gasteiger partial charge in [-0.05, 0) is 66.7 Å². The first-order chi connectivity index (χ1) is 14.9. The van der Waals surface area contributed by atoms with E-state index in [4.69, 9.17) is 0 Å². The van der Waals surface area contributed by atoms with Gasteiger partial charge in [0.2, 0.25) is 17.7 Å². The molecular weight excluding hydrogens is 390 g/mol. The van der Waals surface area contributed by atoms with Crippen LogP contribution in [0, 0.1) is 0 Å². The molecular formula is C25H23N3O3. The van der Waals surface area contributed by atoms with Crippen molar-refractivity contribution in [1.29, 1.82) is 0 Å². The second kappa shape index (κ2) is 9.54. The molecule has 0 spiro atoms. The van der Waals surface area contributed by atoms with Gasteiger partial charge in [0, 0.05) is 42.3 Å². The van der Waals surface area contributed by atoms with Gasteiger partial charge in [0.25, 0.3) is 0 Å². The number of hydrogen-bond donors (Lipinski definition) is 1. The number of rotatable bonds is 6. The molecule has 31 heavy (non-hydrogen) atoms. The molecule has 3 aromatic carbocycles. The van der Waals surface area contributed by atoms with Gasteiger partial charge in [-0.3, -0.25) is 24.2 Å². The first-order valence-corrected chi connectivity index (χ1v) is 9.70. The minimum atomic E-state index is -0.305. The highest BCUT2D eigenvalue weighted by Crippen LogP contribution is 2.31. The maximum absolute atomic E-state index is 12.4. The van der Waals surface area contributed by atoms with Crippen LogP contribution in [0.15, 0.2) is 91.5 Å². The summed E-state index contributed by atoms with van der Waals surface area (Å²) < 4.78 is 0. The fraction of sp³-hybridized carbons (Fsp3) is 0.0800. The number of anilines is 5. The molecule has 0 bridgehead atoms. The van der Waals surface area contributed by atoms with Crippen molar-refractivity contribution >= 4 is 46.2 Å². The van der Waals surface area contributed by atoms with E-state index in [-0.39, 0.29) is 17.7 Å². The Morgan fingerprint density at radius 3 is 1.45 bits per heavy atom. The summed E-state index contributed by atoms with van der Waals surface area (Å²) in [7, 11) is 0. The summed E-state index contributed by atoms with van der Waals surface area (Å²) in [5, 5.41) is 2.67. The van der Waals surface area contributed by atoms with Crippen LogP contribution < -0.4 is 15.1 Å². The van der Waals surface area contributed by atoms with Crippen molar-refractivity contribution in [3.8, 4) is 0 Å². The summed E-state index contributed by atoms with van der Waals surface area (Å²) >= 11 is 0. The molecule has 0 fully saturated rings. The predicted molar refractivity (Wildman–Crippen MR) is 124 cm³/mol. The van der Waals surface area contributed by atoms with E-state index >= 15 is 0 Å². The maximum Gasteiger partial charge on any atom is 0.247 e. The van der Waals surface area contributed by atoms with Gasteiger partial charge >= 0.3 is 0 Å². The lowest BCUT2D eigenvalue weighted by molar-refractivity contribution is -0.116. The lowest BCUT2D eigenvalue weighted by Crippen LogP contribution is -2.24. The van der Waals surface area contributed by atoms with Gasteiger partial charge in [0.05, 0.1) is 0 Å². The first-order valence-electron chi connectivity index (χ1n) is 9.70. The number of carbonyl (C=O) groups is 3. The lowest BCUT2D eigenvalue weighted by Gasteiger charge is -2.24. The second-order valence-corrected chi connectivity index (χ2v) is 6.80. The zero-order chi connectivity index (χ0) is 22.4. The van der Waals surface area contributed by atoms with Gasteiger partial charge in [-0.25, -0.2) is 0 Å². The molecule has 3 rings (SSSR count). The van der Waals surface area contributed by atoms with E-state index < -0.39 is 0 Å². The number of benzene rings is 3. The highest BCUT2D eigenvalue weighted by Gasteiger charge is 2.17. The molecule has 3 aromatic rings. The smallest absolute Gasteiger partial charge is 0.247 e. The van der Waals surface area contributed by atoms with Crippen molar-refractivity contribution in [2.45, 2.75) is 13.8 Å². The van der Waals surface area contributed by atoms with Gasteiger partial charge in [-0.1, -0.05) is 24.8 Å². The van der Waals surface area contributed by atoms with Gasteiger partial charge in [-0.2, -0.15) is 0 Å². The molecule has 0 atom stereocenters. The zero-order valence-corrected chi connectivity index (χ0v) is 17.4. The van der Waals surface area contributed by atoms with E-state index in [1.165, 1.54) is 19.9 Å². The Labute approximate surface area is 181 Å². The van der Waals surface area contributed by atoms with Crippen molar-refractivity contribution in [3.05, 3.63) is 91.5 Å². The average molecular weight is 413 g/mol. The Kier molecular flexibility index (Phi) is 6.62. The second-order valence-electron chi connectivity index (χ2n) is 6.80. The number of amides is 3. The maximum atomic E-state index is 12.4. The van der Waals surface area contributed by atoms with Gasteiger partial charge in [-0.15, -0.1) is 0 Å². The molecule has 0 radical (unpaired) electrons. The highest BCUT2D eigenvalue weighted by molar-refractivity contribution is 6.02. The van der Waals surface area contributed by atoms with Crippen LogP contribution in [0.1, 0.15) is 13.8 Å². The Morgan fingerprint density at radius 2 is 1.06 bits per heavy atom. The number of nitrogens with zero attached hydrogens (tertiary/aromatic N) is 2. The zero-order valence-electron chi connectivity index (χ0n) is 17.4. The van der Waals surface area contributed by atoms with Crippen molar-refractivity contribution in [3.63, 3.8) is 0 Å². The van der Waals surface area contributed by atoms with Crippen LogP contribution in [0.4, 0.5) is 28.4 Å². The third-order valence-corrected chi connectivity index (χ3v) is 4.59. The third-order valence-electron chi connectivity index (χ3n) is 4.59. The first kappa shape index (κ1) is 21.5. The fourth-order valence-corrected chi connectivity index (χ4v) is 3.24. The topological polar surface area (TPSA) is 69.7 Å². The molecule has 0 aromatic heterocycles. The lowest BCUT2D eigenvalue weighted by atomic mass is 10.2. The van der Waals surface area contributed by atoms with E-state index in [1.54, 1.807) is 58.3 Å². The SMILES string of the molecule is C=CC(=O)Nc1ccc(N(C(C)=O)c2ccc(N(C(C)=O)c3ccccc3)cc2)cc1. The summed E-state index contributed by atoms with van der Waals surface area (Å²) in [5.41, 5.74) is 3.39. The largest absolute Gasteiger partial charge is 0.323 e. The molecule has 0 heterocycles. The minimum Gasteiger partial charge on any atom is -0.323 e. The number of nitrogens with one attached hydrogen (secondary N) is 1. The fourth-order valence-electron chi connectivity index (χ4n) is 3.24. The molecule has 3 amide bonds. The Bertz CT molecular complexity index is 1090. The van der Waals surface area contributed by atoms with Gasteiger partial charge in [0.1, 0.15) is 0 Å². The summed E-state index contributed by atoms with van der Waals surface area (Å²) in [5.74, 6) is -0.582. The van der Waals surface area contributed by atoms with Crippen molar-refractivity contribution in [2.24, 2.45) is 0 Å². The van der Waals surface area contributed by atoms with Crippen molar-refractivity contribution in [2.75, 3.05) is 15.1 Å². The summed E-state index contributed by atoms with van der Waals surface area (Å²) in [6.45, 7) is 6.41. The molecule has 1 N–H and O–H groups in total. The predicted octanol–water partition coefficient (Wildman–Crippen LogP) is 5.18. The molecule has 0 saturated heterocycles. The number of carbonyl (C=O) groups excluding carboxylic acids is 3.